The first kappa shape index (κ1) is 18.1. The number of amides is 1. The molecule has 7 nitrogen and oxygen atoms in total. The monoisotopic (exact) mass is 382 g/mol. The lowest BCUT2D eigenvalue weighted by atomic mass is 9.79. The maximum atomic E-state index is 12.9. The van der Waals surface area contributed by atoms with E-state index in [1.807, 2.05) is 24.4 Å². The predicted molar refractivity (Wildman–Crippen MR) is 94.7 cm³/mol. The molecule has 0 radical (unpaired) electrons. The molecule has 2 aromatic heterocycles. The number of carbonyl (C=O) groups is 1. The Kier molecular flexibility index (Phi) is 5.53. The van der Waals surface area contributed by atoms with Gasteiger partial charge in [-0.3, -0.25) is 9.48 Å². The van der Waals surface area contributed by atoms with Gasteiger partial charge >= 0.3 is 0 Å². The Balaban J connectivity index is 1.82. The molecule has 9 heteroatoms. The van der Waals surface area contributed by atoms with E-state index in [0.717, 1.165) is 30.6 Å². The van der Waals surface area contributed by atoms with Crippen LogP contribution in [0.5, 0.6) is 0 Å². The summed E-state index contributed by atoms with van der Waals surface area (Å²) in [5.41, 5.74) is 0. The first-order valence-corrected chi connectivity index (χ1v) is 10.9. The van der Waals surface area contributed by atoms with Gasteiger partial charge in [-0.25, -0.2) is 4.72 Å². The summed E-state index contributed by atoms with van der Waals surface area (Å²) in [5, 5.41) is 9.08. The van der Waals surface area contributed by atoms with E-state index in [0.29, 0.717) is 6.54 Å². The first-order valence-electron chi connectivity index (χ1n) is 8.51. The standard InChI is InChI=1S/C16H22N4O3S2/c1-2-20-11-14(17-19-20)25(22,23)18-16(21)15(13-9-6-10-24-13)12-7-4-3-5-8-12/h6,9-12,15H,2-5,7-8H2,1H3,(H,18,21). The summed E-state index contributed by atoms with van der Waals surface area (Å²) in [7, 11) is -4.01. The molecule has 0 bridgehead atoms. The molecule has 1 saturated carbocycles. The third kappa shape index (κ3) is 4.09. The van der Waals surface area contributed by atoms with Crippen molar-refractivity contribution in [3.8, 4) is 0 Å². The third-order valence-electron chi connectivity index (χ3n) is 4.61. The normalized spacial score (nSPS) is 17.3. The number of sulfonamides is 1. The van der Waals surface area contributed by atoms with Gasteiger partial charge < -0.3 is 0 Å². The van der Waals surface area contributed by atoms with E-state index in [2.05, 4.69) is 15.0 Å². The van der Waals surface area contributed by atoms with Crippen LogP contribution in [-0.4, -0.2) is 29.3 Å². The number of nitrogens with zero attached hydrogens (tertiary/aromatic N) is 3. The van der Waals surface area contributed by atoms with E-state index < -0.39 is 21.8 Å². The Morgan fingerprint density at radius 2 is 2.16 bits per heavy atom. The van der Waals surface area contributed by atoms with Crippen molar-refractivity contribution >= 4 is 27.3 Å². The van der Waals surface area contributed by atoms with E-state index in [4.69, 9.17) is 0 Å². The van der Waals surface area contributed by atoms with Crippen molar-refractivity contribution in [3.05, 3.63) is 28.6 Å². The molecule has 1 aliphatic rings. The molecule has 0 aliphatic heterocycles. The van der Waals surface area contributed by atoms with E-state index in [9.17, 15) is 13.2 Å². The topological polar surface area (TPSA) is 94.0 Å². The van der Waals surface area contributed by atoms with Gasteiger partial charge in [-0.05, 0) is 37.1 Å². The lowest BCUT2D eigenvalue weighted by Crippen LogP contribution is -2.38. The molecule has 1 atom stereocenters. The van der Waals surface area contributed by atoms with Gasteiger partial charge in [-0.15, -0.1) is 16.4 Å². The fraction of sp³-hybridized carbons (Fsp3) is 0.562. The minimum atomic E-state index is -4.01. The van der Waals surface area contributed by atoms with E-state index in [1.54, 1.807) is 0 Å². The van der Waals surface area contributed by atoms with Crippen molar-refractivity contribution < 1.29 is 13.2 Å². The number of aryl methyl sites for hydroxylation is 1. The molecule has 0 aromatic carbocycles. The number of nitrogens with one attached hydrogen (secondary N) is 1. The van der Waals surface area contributed by atoms with Crippen LogP contribution in [0.2, 0.25) is 0 Å². The SMILES string of the molecule is CCn1cc(S(=O)(=O)NC(=O)C(c2cccs2)C2CCCCC2)nn1. The van der Waals surface area contributed by atoms with Gasteiger partial charge in [0.05, 0.1) is 12.1 Å². The highest BCUT2D eigenvalue weighted by Crippen LogP contribution is 2.38. The van der Waals surface area contributed by atoms with E-state index in [1.165, 1.54) is 28.6 Å². The highest BCUT2D eigenvalue weighted by atomic mass is 32.2. The lowest BCUT2D eigenvalue weighted by molar-refractivity contribution is -0.122. The number of carbonyl (C=O) groups excluding carboxylic acids is 1. The summed E-state index contributed by atoms with van der Waals surface area (Å²) in [6.07, 6.45) is 6.56. The Morgan fingerprint density at radius 1 is 1.40 bits per heavy atom. The second kappa shape index (κ2) is 7.65. The number of hydrogen-bond acceptors (Lipinski definition) is 6. The third-order valence-corrected chi connectivity index (χ3v) is 6.77. The Morgan fingerprint density at radius 3 is 2.76 bits per heavy atom. The highest BCUT2D eigenvalue weighted by molar-refractivity contribution is 7.90. The molecule has 136 valence electrons. The van der Waals surface area contributed by atoms with Crippen LogP contribution < -0.4 is 4.72 Å². The molecule has 1 amide bonds. The first-order chi connectivity index (χ1) is 12.0. The summed E-state index contributed by atoms with van der Waals surface area (Å²) in [5.74, 6) is -0.731. The van der Waals surface area contributed by atoms with Gasteiger partial charge in [0.2, 0.25) is 10.9 Å². The van der Waals surface area contributed by atoms with Gasteiger partial charge in [0.25, 0.3) is 10.0 Å². The zero-order valence-electron chi connectivity index (χ0n) is 14.1. The minimum absolute atomic E-state index is 0.175. The van der Waals surface area contributed by atoms with Crippen LogP contribution >= 0.6 is 11.3 Å². The number of aromatic nitrogens is 3. The molecule has 2 aromatic rings. The highest BCUT2D eigenvalue weighted by Gasteiger charge is 2.34. The van der Waals surface area contributed by atoms with Crippen molar-refractivity contribution in [1.29, 1.82) is 0 Å². The molecule has 2 heterocycles. The van der Waals surface area contributed by atoms with Crippen molar-refractivity contribution in [1.82, 2.24) is 19.7 Å². The van der Waals surface area contributed by atoms with Crippen molar-refractivity contribution in [2.24, 2.45) is 5.92 Å². The van der Waals surface area contributed by atoms with Crippen LogP contribution in [-0.2, 0) is 21.4 Å². The summed E-state index contributed by atoms with van der Waals surface area (Å²) in [6.45, 7) is 2.34. The molecule has 1 unspecified atom stereocenters. The molecule has 0 spiro atoms. The predicted octanol–water partition coefficient (Wildman–Crippen LogP) is 2.53. The molecular formula is C16H22N4O3S2. The average molecular weight is 383 g/mol. The van der Waals surface area contributed by atoms with Crippen LogP contribution in [0, 0.1) is 5.92 Å². The van der Waals surface area contributed by atoms with Crippen molar-refractivity contribution in [3.63, 3.8) is 0 Å². The Bertz CT molecular complexity index is 808. The van der Waals surface area contributed by atoms with E-state index in [-0.39, 0.29) is 10.9 Å². The molecule has 1 aliphatic carbocycles. The Hall–Kier alpha value is -1.74. The molecule has 3 rings (SSSR count). The quantitative estimate of drug-likeness (QED) is 0.828. The van der Waals surface area contributed by atoms with Gasteiger partial charge in [-0.1, -0.05) is 30.5 Å². The molecule has 1 fully saturated rings. The van der Waals surface area contributed by atoms with Crippen LogP contribution in [0.15, 0.2) is 28.7 Å². The van der Waals surface area contributed by atoms with Gasteiger partial charge in [-0.2, -0.15) is 8.42 Å². The Labute approximate surface area is 151 Å². The molecular weight excluding hydrogens is 360 g/mol. The summed E-state index contributed by atoms with van der Waals surface area (Å²) in [6, 6.07) is 3.80. The maximum Gasteiger partial charge on any atom is 0.285 e. The minimum Gasteiger partial charge on any atom is -0.273 e. The number of rotatable bonds is 6. The molecule has 0 saturated heterocycles. The number of hydrogen-bond donors (Lipinski definition) is 1. The van der Waals surface area contributed by atoms with Crippen molar-refractivity contribution in [2.75, 3.05) is 0 Å². The fourth-order valence-corrected chi connectivity index (χ4v) is 5.14. The second-order valence-corrected chi connectivity index (χ2v) is 8.88. The number of thiophene rings is 1. The van der Waals surface area contributed by atoms with Gasteiger partial charge in [0, 0.05) is 11.4 Å². The zero-order valence-corrected chi connectivity index (χ0v) is 15.7. The summed E-state index contributed by atoms with van der Waals surface area (Å²) in [4.78, 5) is 13.8. The van der Waals surface area contributed by atoms with E-state index >= 15 is 0 Å². The van der Waals surface area contributed by atoms with Gasteiger partial charge in [0.1, 0.15) is 0 Å². The second-order valence-electron chi connectivity index (χ2n) is 6.27. The van der Waals surface area contributed by atoms with Crippen LogP contribution in [0.25, 0.3) is 0 Å². The smallest absolute Gasteiger partial charge is 0.273 e. The van der Waals surface area contributed by atoms with Crippen LogP contribution in [0.4, 0.5) is 0 Å². The summed E-state index contributed by atoms with van der Waals surface area (Å²) >= 11 is 1.49. The average Bonchev–Trinajstić information content (AvgIpc) is 3.27. The molecule has 25 heavy (non-hydrogen) atoms. The van der Waals surface area contributed by atoms with Crippen molar-refractivity contribution in [2.45, 2.75) is 56.5 Å². The largest absolute Gasteiger partial charge is 0.285 e. The van der Waals surface area contributed by atoms with Crippen LogP contribution in [0.1, 0.15) is 49.8 Å². The maximum absolute atomic E-state index is 12.9. The van der Waals surface area contributed by atoms with Gasteiger partial charge in [0.15, 0.2) is 0 Å². The van der Waals surface area contributed by atoms with Crippen LogP contribution in [0.3, 0.4) is 0 Å². The lowest BCUT2D eigenvalue weighted by Gasteiger charge is -2.28. The molecule has 1 N–H and O–H groups in total. The summed E-state index contributed by atoms with van der Waals surface area (Å²) < 4.78 is 28.6. The zero-order chi connectivity index (χ0) is 17.9. The fourth-order valence-electron chi connectivity index (χ4n) is 3.32.